The van der Waals surface area contributed by atoms with Crippen LogP contribution in [0.3, 0.4) is 0 Å². The zero-order valence-electron chi connectivity index (χ0n) is 23.6. The van der Waals surface area contributed by atoms with Gasteiger partial charge in [-0.3, -0.25) is 19.0 Å². The van der Waals surface area contributed by atoms with Gasteiger partial charge in [0.1, 0.15) is 42.3 Å². The molecule has 0 aliphatic heterocycles. The van der Waals surface area contributed by atoms with Crippen molar-refractivity contribution in [3.63, 3.8) is 0 Å². The van der Waals surface area contributed by atoms with Gasteiger partial charge in [-0.25, -0.2) is 4.57 Å². The van der Waals surface area contributed by atoms with Crippen LogP contribution in [0.4, 0.5) is 0 Å². The van der Waals surface area contributed by atoms with Crippen molar-refractivity contribution in [1.29, 1.82) is 0 Å². The molecule has 0 amide bonds. The molecular weight excluding hydrogens is 589 g/mol. The normalized spacial score (nSPS) is 12.9. The number of aryl methyl sites for hydroxylation is 1. The fourth-order valence-electron chi connectivity index (χ4n) is 3.86. The number of benzene rings is 4. The van der Waals surface area contributed by atoms with Gasteiger partial charge in [0.05, 0.1) is 6.61 Å². The Morgan fingerprint density at radius 1 is 0.795 bits per heavy atom. The lowest BCUT2D eigenvalue weighted by molar-refractivity contribution is -0.145. The second kappa shape index (κ2) is 15.7. The molecular formula is C32H32NO10P. The predicted molar refractivity (Wildman–Crippen MR) is 160 cm³/mol. The number of nitrogens with two attached hydrogens (primary N) is 1. The first-order chi connectivity index (χ1) is 21.2. The molecule has 0 aliphatic rings. The van der Waals surface area contributed by atoms with Crippen LogP contribution in [0.2, 0.25) is 0 Å². The molecule has 0 aliphatic carbocycles. The molecule has 0 heterocycles. The van der Waals surface area contributed by atoms with Gasteiger partial charge in [0.2, 0.25) is 0 Å². The van der Waals surface area contributed by atoms with E-state index in [1.165, 1.54) is 12.1 Å². The van der Waals surface area contributed by atoms with Crippen molar-refractivity contribution in [3.8, 4) is 23.0 Å². The van der Waals surface area contributed by atoms with Crippen LogP contribution in [0.1, 0.15) is 23.1 Å². The summed E-state index contributed by atoms with van der Waals surface area (Å²) in [5.41, 5.74) is 7.67. The standard InChI is InChI=1S/C32H32NO10P/c33-29(32(35)36)22-41-44(37,38)43-27-16-13-23(14-17-27)20-40-31(34)18-15-25-8-4-5-12-30(25)39-21-24-7-6-11-28(19-24)42-26-9-2-1-3-10-26/h1-14,16-17,19,29H,15,18,20-22,33H2,(H,35,36)(H,37,38)/t29-/m0/s1. The molecule has 4 N–H and O–H groups in total. The number of para-hydroxylation sites is 2. The fourth-order valence-corrected chi connectivity index (χ4v) is 4.65. The number of rotatable bonds is 16. The third kappa shape index (κ3) is 10.6. The fraction of sp³-hybridized carbons (Fsp3) is 0.188. The van der Waals surface area contributed by atoms with Gasteiger partial charge in [0.15, 0.2) is 0 Å². The number of phosphoric ester groups is 1. The monoisotopic (exact) mass is 621 g/mol. The summed E-state index contributed by atoms with van der Waals surface area (Å²) in [5, 5.41) is 8.73. The Hall–Kier alpha value is -4.67. The van der Waals surface area contributed by atoms with Gasteiger partial charge in [-0.1, -0.05) is 60.7 Å². The quantitative estimate of drug-likeness (QED) is 0.105. The molecule has 0 saturated heterocycles. The summed E-state index contributed by atoms with van der Waals surface area (Å²) in [7, 11) is -4.58. The van der Waals surface area contributed by atoms with Gasteiger partial charge in [0.25, 0.3) is 0 Å². The number of carboxylic acid groups (broad SMARTS) is 1. The van der Waals surface area contributed by atoms with E-state index in [0.29, 0.717) is 30.1 Å². The summed E-state index contributed by atoms with van der Waals surface area (Å²) in [6, 6.07) is 29.1. The third-order valence-corrected chi connectivity index (χ3v) is 7.04. The highest BCUT2D eigenvalue weighted by Crippen LogP contribution is 2.43. The Bertz CT molecular complexity index is 1580. The summed E-state index contributed by atoms with van der Waals surface area (Å²) in [4.78, 5) is 32.9. The molecule has 0 bridgehead atoms. The van der Waals surface area contributed by atoms with Crippen molar-refractivity contribution in [2.75, 3.05) is 6.61 Å². The smallest absolute Gasteiger partial charge is 0.489 e. The maximum absolute atomic E-state index is 12.5. The second-order valence-corrected chi connectivity index (χ2v) is 10.9. The summed E-state index contributed by atoms with van der Waals surface area (Å²) >= 11 is 0. The SMILES string of the molecule is N[C@@H](COP(=O)(O)Oc1ccc(COC(=O)CCc2ccccc2OCc2cccc(Oc3ccccc3)c2)cc1)C(=O)O. The van der Waals surface area contributed by atoms with Crippen molar-refractivity contribution >= 4 is 19.8 Å². The predicted octanol–water partition coefficient (Wildman–Crippen LogP) is 5.64. The number of hydrogen-bond acceptors (Lipinski definition) is 9. The average Bonchev–Trinajstić information content (AvgIpc) is 3.02. The summed E-state index contributed by atoms with van der Waals surface area (Å²) in [5.74, 6) is 0.329. The van der Waals surface area contributed by atoms with Crippen LogP contribution in [-0.2, 0) is 43.0 Å². The second-order valence-electron chi connectivity index (χ2n) is 9.56. The lowest BCUT2D eigenvalue weighted by Crippen LogP contribution is -2.34. The number of carboxylic acids is 1. The molecule has 2 atom stereocenters. The van der Waals surface area contributed by atoms with Crippen LogP contribution in [0.15, 0.2) is 103 Å². The minimum atomic E-state index is -4.58. The lowest BCUT2D eigenvalue weighted by atomic mass is 10.1. The van der Waals surface area contributed by atoms with E-state index in [1.54, 1.807) is 12.1 Å². The van der Waals surface area contributed by atoms with E-state index >= 15 is 0 Å². The van der Waals surface area contributed by atoms with Gasteiger partial charge in [-0.05, 0) is 65.6 Å². The molecule has 12 heteroatoms. The van der Waals surface area contributed by atoms with Crippen LogP contribution < -0.4 is 19.7 Å². The van der Waals surface area contributed by atoms with E-state index in [0.717, 1.165) is 16.9 Å². The molecule has 0 fully saturated rings. The Morgan fingerprint density at radius 2 is 1.50 bits per heavy atom. The van der Waals surface area contributed by atoms with Crippen LogP contribution in [0, 0.1) is 0 Å². The topological polar surface area (TPSA) is 164 Å². The van der Waals surface area contributed by atoms with Gasteiger partial charge in [0, 0.05) is 6.42 Å². The molecule has 4 rings (SSSR count). The molecule has 0 radical (unpaired) electrons. The largest absolute Gasteiger partial charge is 0.527 e. The molecule has 4 aromatic carbocycles. The van der Waals surface area contributed by atoms with Crippen molar-refractivity contribution in [2.45, 2.75) is 32.1 Å². The molecule has 44 heavy (non-hydrogen) atoms. The first-order valence-corrected chi connectivity index (χ1v) is 15.1. The summed E-state index contributed by atoms with van der Waals surface area (Å²) in [6.45, 7) is -0.396. The van der Waals surface area contributed by atoms with Crippen LogP contribution >= 0.6 is 7.82 Å². The van der Waals surface area contributed by atoms with E-state index in [4.69, 9.17) is 29.6 Å². The van der Waals surface area contributed by atoms with Crippen molar-refractivity contribution in [2.24, 2.45) is 5.73 Å². The highest BCUT2D eigenvalue weighted by atomic mass is 31.2. The van der Waals surface area contributed by atoms with Crippen LogP contribution in [-0.4, -0.2) is 34.6 Å². The zero-order chi connectivity index (χ0) is 31.4. The zero-order valence-corrected chi connectivity index (χ0v) is 24.5. The number of hydrogen-bond donors (Lipinski definition) is 3. The molecule has 1 unspecified atom stereocenters. The Balaban J connectivity index is 1.22. The lowest BCUT2D eigenvalue weighted by Gasteiger charge is -2.14. The molecule has 0 aromatic heterocycles. The maximum atomic E-state index is 12.5. The molecule has 0 spiro atoms. The minimum absolute atomic E-state index is 0.00172. The maximum Gasteiger partial charge on any atom is 0.527 e. The van der Waals surface area contributed by atoms with Crippen LogP contribution in [0.25, 0.3) is 0 Å². The number of carbonyl (C=O) groups is 2. The van der Waals surface area contributed by atoms with E-state index in [2.05, 4.69) is 4.52 Å². The first kappa shape index (κ1) is 32.2. The van der Waals surface area contributed by atoms with Crippen LogP contribution in [0.5, 0.6) is 23.0 Å². The van der Waals surface area contributed by atoms with E-state index in [-0.39, 0.29) is 18.8 Å². The summed E-state index contributed by atoms with van der Waals surface area (Å²) in [6.07, 6.45) is 0.543. The molecule has 230 valence electrons. The van der Waals surface area contributed by atoms with Crippen molar-refractivity contribution in [1.82, 2.24) is 0 Å². The van der Waals surface area contributed by atoms with Crippen molar-refractivity contribution < 1.29 is 47.4 Å². The minimum Gasteiger partial charge on any atom is -0.489 e. The first-order valence-electron chi connectivity index (χ1n) is 13.6. The number of esters is 1. The molecule has 4 aromatic rings. The molecule has 11 nitrogen and oxygen atoms in total. The number of ether oxygens (including phenoxy) is 3. The van der Waals surface area contributed by atoms with Gasteiger partial charge < -0.3 is 29.6 Å². The average molecular weight is 622 g/mol. The Labute approximate surface area is 254 Å². The van der Waals surface area contributed by atoms with E-state index < -0.39 is 32.4 Å². The highest BCUT2D eigenvalue weighted by Gasteiger charge is 2.26. The number of aliphatic carboxylic acids is 1. The number of phosphoric acid groups is 1. The number of carbonyl (C=O) groups excluding carboxylic acids is 1. The van der Waals surface area contributed by atoms with E-state index in [1.807, 2.05) is 78.9 Å². The summed E-state index contributed by atoms with van der Waals surface area (Å²) < 4.78 is 38.8. The Morgan fingerprint density at radius 3 is 2.25 bits per heavy atom. The third-order valence-electron chi connectivity index (χ3n) is 6.12. The van der Waals surface area contributed by atoms with Gasteiger partial charge >= 0.3 is 19.8 Å². The Kier molecular flexibility index (Phi) is 11.5. The van der Waals surface area contributed by atoms with Gasteiger partial charge in [-0.15, -0.1) is 0 Å². The van der Waals surface area contributed by atoms with E-state index in [9.17, 15) is 19.0 Å². The van der Waals surface area contributed by atoms with Crippen molar-refractivity contribution in [3.05, 3.63) is 120 Å². The highest BCUT2D eigenvalue weighted by molar-refractivity contribution is 7.47. The molecule has 0 saturated carbocycles. The van der Waals surface area contributed by atoms with Gasteiger partial charge in [-0.2, -0.15) is 0 Å².